The monoisotopic (exact) mass is 559 g/mol. The number of nitrogens with two attached hydrogens (primary N) is 1. The average molecular weight is 558 g/mol. The molecule has 0 saturated carbocycles. The van der Waals surface area contributed by atoms with Gasteiger partial charge < -0.3 is 18.4 Å². The van der Waals surface area contributed by atoms with Crippen molar-refractivity contribution in [2.45, 2.75) is 79.5 Å². The molecule has 0 aliphatic carbocycles. The SMILES string of the molecule is C/C(=N\N=C(\N)[S-])c1ccc(-c2ccccc2)cc1.CCC[CH2][Sn+]([CH2]CCC)[CH2]CCC. The first-order chi connectivity index (χ1) is 15.5. The van der Waals surface area contributed by atoms with Gasteiger partial charge in [-0.25, -0.2) is 0 Å². The summed E-state index contributed by atoms with van der Waals surface area (Å²) in [6, 6.07) is 18.4. The Balaban J connectivity index is 0.000000347. The van der Waals surface area contributed by atoms with E-state index in [2.05, 4.69) is 67.9 Å². The number of rotatable bonds is 12. The second-order valence-corrected chi connectivity index (χ2v) is 17.1. The van der Waals surface area contributed by atoms with Crippen molar-refractivity contribution in [2.24, 2.45) is 15.9 Å². The molecule has 0 fully saturated rings. The van der Waals surface area contributed by atoms with Gasteiger partial charge in [0.1, 0.15) is 0 Å². The molecule has 0 aromatic heterocycles. The molecule has 5 heteroatoms. The fourth-order valence-corrected chi connectivity index (χ4v) is 12.9. The molecule has 0 spiro atoms. The minimum absolute atomic E-state index is 0.0419. The van der Waals surface area contributed by atoms with Crippen LogP contribution in [0.15, 0.2) is 64.8 Å². The normalized spacial score (nSPS) is 11.6. The van der Waals surface area contributed by atoms with Crippen molar-refractivity contribution in [3.63, 3.8) is 0 Å². The maximum absolute atomic E-state index is 5.28. The molecule has 0 radical (unpaired) electrons. The van der Waals surface area contributed by atoms with E-state index in [9.17, 15) is 0 Å². The zero-order chi connectivity index (χ0) is 23.6. The molecule has 0 aliphatic heterocycles. The third kappa shape index (κ3) is 12.6. The summed E-state index contributed by atoms with van der Waals surface area (Å²) >= 11 is 3.81. The van der Waals surface area contributed by atoms with Crippen molar-refractivity contribution < 1.29 is 0 Å². The van der Waals surface area contributed by atoms with Crippen molar-refractivity contribution in [1.29, 1.82) is 0 Å². The molecule has 2 rings (SSSR count). The van der Waals surface area contributed by atoms with Crippen LogP contribution < -0.4 is 5.73 Å². The average Bonchev–Trinajstić information content (AvgIpc) is 2.83. The van der Waals surface area contributed by atoms with E-state index in [1.54, 1.807) is 13.3 Å². The van der Waals surface area contributed by atoms with Crippen LogP contribution in [0.5, 0.6) is 0 Å². The van der Waals surface area contributed by atoms with Crippen LogP contribution in [0.3, 0.4) is 0 Å². The van der Waals surface area contributed by atoms with Gasteiger partial charge in [0.15, 0.2) is 0 Å². The van der Waals surface area contributed by atoms with Crippen LogP contribution in [0.4, 0.5) is 0 Å². The van der Waals surface area contributed by atoms with Crippen LogP contribution in [0.2, 0.25) is 13.3 Å². The molecule has 32 heavy (non-hydrogen) atoms. The van der Waals surface area contributed by atoms with Gasteiger partial charge in [-0.1, -0.05) is 54.6 Å². The fourth-order valence-electron chi connectivity index (χ4n) is 3.37. The Morgan fingerprint density at radius 1 is 0.750 bits per heavy atom. The summed E-state index contributed by atoms with van der Waals surface area (Å²) < 4.78 is 5.04. The summed E-state index contributed by atoms with van der Waals surface area (Å²) in [5, 5.41) is 7.69. The molecular formula is C27H41N3SSn. The van der Waals surface area contributed by atoms with Crippen LogP contribution in [0, 0.1) is 0 Å². The Morgan fingerprint density at radius 2 is 1.22 bits per heavy atom. The Hall–Kier alpha value is -1.40. The van der Waals surface area contributed by atoms with Gasteiger partial charge in [0.05, 0.1) is 5.71 Å². The van der Waals surface area contributed by atoms with Crippen molar-refractivity contribution >= 4 is 43.3 Å². The fraction of sp³-hybridized carbons (Fsp3) is 0.481. The molecule has 0 atom stereocenters. The van der Waals surface area contributed by atoms with Gasteiger partial charge in [-0.2, -0.15) is 10.2 Å². The van der Waals surface area contributed by atoms with Crippen LogP contribution in [0.1, 0.15) is 71.8 Å². The molecule has 174 valence electrons. The molecule has 0 amide bonds. The third-order valence-corrected chi connectivity index (χ3v) is 14.5. The first kappa shape index (κ1) is 28.6. The van der Waals surface area contributed by atoms with Crippen molar-refractivity contribution in [3.05, 3.63) is 60.2 Å². The quantitative estimate of drug-likeness (QED) is 0.0950. The predicted molar refractivity (Wildman–Crippen MR) is 148 cm³/mol. The molecule has 0 heterocycles. The van der Waals surface area contributed by atoms with Crippen LogP contribution >= 0.6 is 0 Å². The molecule has 0 bridgehead atoms. The van der Waals surface area contributed by atoms with Crippen LogP contribution in [0.25, 0.3) is 11.1 Å². The number of nitrogens with zero attached hydrogens (tertiary/aromatic N) is 2. The number of unbranched alkanes of at least 4 members (excludes halogenated alkanes) is 3. The van der Waals surface area contributed by atoms with Crippen molar-refractivity contribution in [2.75, 3.05) is 0 Å². The van der Waals surface area contributed by atoms with E-state index in [1.807, 2.05) is 37.3 Å². The number of amidine groups is 1. The second-order valence-electron chi connectivity index (χ2n) is 8.13. The zero-order valence-corrected chi connectivity index (χ0v) is 24.1. The maximum atomic E-state index is 5.28. The summed E-state index contributed by atoms with van der Waals surface area (Å²) in [4.78, 5) is 0. The van der Waals surface area contributed by atoms with E-state index in [4.69, 9.17) is 5.73 Å². The van der Waals surface area contributed by atoms with Crippen molar-refractivity contribution in [1.82, 2.24) is 0 Å². The summed E-state index contributed by atoms with van der Waals surface area (Å²) in [6.07, 6.45) is 8.85. The molecule has 2 N–H and O–H groups in total. The second kappa shape index (κ2) is 18.1. The number of benzene rings is 2. The molecule has 0 unspecified atom stereocenters. The molecule has 3 nitrogen and oxygen atoms in total. The Morgan fingerprint density at radius 3 is 1.66 bits per heavy atom. The van der Waals surface area contributed by atoms with E-state index in [-0.39, 0.29) is 5.17 Å². The van der Waals surface area contributed by atoms with Gasteiger partial charge in [0, 0.05) is 0 Å². The molecule has 0 saturated heterocycles. The molecule has 0 aliphatic rings. The Bertz CT molecular complexity index is 765. The van der Waals surface area contributed by atoms with Gasteiger partial charge in [0.2, 0.25) is 0 Å². The van der Waals surface area contributed by atoms with Gasteiger partial charge in [-0.3, -0.25) is 0 Å². The van der Waals surface area contributed by atoms with Gasteiger partial charge in [-0.05, 0) is 28.8 Å². The topological polar surface area (TPSA) is 50.7 Å². The van der Waals surface area contributed by atoms with E-state index < -0.39 is 19.8 Å². The summed E-state index contributed by atoms with van der Waals surface area (Å²) in [7, 11) is 0. The van der Waals surface area contributed by atoms with E-state index >= 15 is 0 Å². The van der Waals surface area contributed by atoms with E-state index in [0.717, 1.165) is 11.3 Å². The zero-order valence-electron chi connectivity index (χ0n) is 20.4. The summed E-state index contributed by atoms with van der Waals surface area (Å²) in [5.41, 5.74) is 9.42. The van der Waals surface area contributed by atoms with Gasteiger partial charge in [0.25, 0.3) is 0 Å². The summed E-state index contributed by atoms with van der Waals surface area (Å²) in [6.45, 7) is 8.88. The Kier molecular flexibility index (Phi) is 16.2. The first-order valence-corrected chi connectivity index (χ1v) is 18.5. The summed E-state index contributed by atoms with van der Waals surface area (Å²) in [5.74, 6) is 0. The molecular weight excluding hydrogens is 517 g/mol. The first-order valence-electron chi connectivity index (χ1n) is 12.1. The standard InChI is InChI=1S/C15H15N3S.3C4H9.Sn/c1-11(17-18-15(16)19)12-7-9-14(10-8-12)13-5-3-2-4-6-13;3*1-3-4-2;/h2-10H,1H3,(H3,16,18,19);3*1,3-4H2,2H3;/q;;;;+1/p-1/b17-11+;;;;. The number of hydrogen-bond donors (Lipinski definition) is 1. The third-order valence-electron chi connectivity index (χ3n) is 5.36. The predicted octanol–water partition coefficient (Wildman–Crippen LogP) is 7.82. The van der Waals surface area contributed by atoms with Gasteiger partial charge >= 0.3 is 92.4 Å². The Labute approximate surface area is 209 Å². The molecule has 2 aromatic rings. The van der Waals surface area contributed by atoms with E-state index in [0.29, 0.717) is 0 Å². The van der Waals surface area contributed by atoms with Crippen LogP contribution in [-0.4, -0.2) is 30.6 Å². The minimum atomic E-state index is -0.839. The van der Waals surface area contributed by atoms with E-state index in [1.165, 1.54) is 49.7 Å². The van der Waals surface area contributed by atoms with Crippen LogP contribution in [-0.2, 0) is 12.6 Å². The molecule has 2 aromatic carbocycles. The van der Waals surface area contributed by atoms with Gasteiger partial charge in [-0.15, -0.1) is 0 Å². The number of hydrogen-bond acceptors (Lipinski definition) is 3. The van der Waals surface area contributed by atoms with Crippen molar-refractivity contribution in [3.8, 4) is 11.1 Å².